The average molecular weight is 396 g/mol. The molecule has 0 unspecified atom stereocenters. The van der Waals surface area contributed by atoms with E-state index in [-0.39, 0.29) is 10.5 Å². The third-order valence-electron chi connectivity index (χ3n) is 4.13. The van der Waals surface area contributed by atoms with Gasteiger partial charge in [-0.1, -0.05) is 11.6 Å². The first-order chi connectivity index (χ1) is 12.1. The average Bonchev–Trinajstić information content (AvgIpc) is 2.56. The Hall–Kier alpha value is -2.09. The summed E-state index contributed by atoms with van der Waals surface area (Å²) in [4.78, 5) is 14.7. The molecule has 0 aliphatic rings. The zero-order valence-corrected chi connectivity index (χ0v) is 16.9. The summed E-state index contributed by atoms with van der Waals surface area (Å²) in [6.07, 6.45) is 0. The van der Waals surface area contributed by atoms with E-state index in [4.69, 9.17) is 11.6 Å². The molecule has 2 N–H and O–H groups in total. The summed E-state index contributed by atoms with van der Waals surface area (Å²) in [6, 6.07) is 8.24. The zero-order chi connectivity index (χ0) is 19.6. The Balaban J connectivity index is 2.48. The van der Waals surface area contributed by atoms with E-state index in [0.29, 0.717) is 21.8 Å². The van der Waals surface area contributed by atoms with Crippen LogP contribution in [0.25, 0.3) is 0 Å². The molecule has 0 aromatic heterocycles. The molecule has 0 spiro atoms. The number of rotatable bonds is 5. The van der Waals surface area contributed by atoms with Gasteiger partial charge in [-0.25, -0.2) is 13.1 Å². The van der Waals surface area contributed by atoms with Gasteiger partial charge in [-0.15, -0.1) is 0 Å². The number of carbonyl (C=O) groups excluding carboxylic acids is 1. The smallest absolute Gasteiger partial charge is 0.255 e. The minimum atomic E-state index is -3.67. The number of aryl methyl sites for hydroxylation is 1. The molecule has 2 aromatic carbocycles. The largest absolute Gasteiger partial charge is 0.376 e. The van der Waals surface area contributed by atoms with Crippen LogP contribution < -0.4 is 14.9 Å². The van der Waals surface area contributed by atoms with Crippen molar-refractivity contribution in [3.8, 4) is 0 Å². The second-order valence-corrected chi connectivity index (χ2v) is 8.43. The maximum atomic E-state index is 12.7. The van der Waals surface area contributed by atoms with E-state index in [0.717, 1.165) is 5.69 Å². The zero-order valence-electron chi connectivity index (χ0n) is 15.3. The summed E-state index contributed by atoms with van der Waals surface area (Å²) in [5.74, 6) is -0.411. The van der Waals surface area contributed by atoms with Gasteiger partial charge < -0.3 is 10.2 Å². The highest BCUT2D eigenvalue weighted by Crippen LogP contribution is 2.29. The number of amides is 1. The van der Waals surface area contributed by atoms with E-state index in [2.05, 4.69) is 10.0 Å². The molecule has 0 radical (unpaired) electrons. The van der Waals surface area contributed by atoms with Crippen LogP contribution in [0.5, 0.6) is 0 Å². The first kappa shape index (κ1) is 20.2. The molecule has 0 fully saturated rings. The molecular weight excluding hydrogens is 374 g/mol. The lowest BCUT2D eigenvalue weighted by atomic mass is 10.1. The Morgan fingerprint density at radius 1 is 1.12 bits per heavy atom. The lowest BCUT2D eigenvalue weighted by Gasteiger charge is -2.19. The van der Waals surface area contributed by atoms with Crippen molar-refractivity contribution in [2.24, 2.45) is 0 Å². The molecule has 6 nitrogen and oxygen atoms in total. The van der Waals surface area contributed by atoms with Gasteiger partial charge in [-0.05, 0) is 62.4 Å². The number of anilines is 2. The molecule has 0 aliphatic heterocycles. The summed E-state index contributed by atoms with van der Waals surface area (Å²) in [7, 11) is 1.38. The topological polar surface area (TPSA) is 78.5 Å². The lowest BCUT2D eigenvalue weighted by molar-refractivity contribution is 0.102. The third kappa shape index (κ3) is 4.17. The second-order valence-electron chi connectivity index (χ2n) is 6.13. The van der Waals surface area contributed by atoms with Crippen LogP contribution in [-0.4, -0.2) is 35.5 Å². The van der Waals surface area contributed by atoms with Gasteiger partial charge in [0.25, 0.3) is 5.91 Å². The van der Waals surface area contributed by atoms with Gasteiger partial charge in [0.05, 0.1) is 16.3 Å². The standard InChI is InChI=1S/C18H22ClN3O3S/c1-11-8-13(9-17(12(11)2)26(24,25)20-3)18(23)21-15-10-14(19)6-7-16(15)22(4)5/h6-10,20H,1-5H3,(H,21,23). The molecule has 8 heteroatoms. The summed E-state index contributed by atoms with van der Waals surface area (Å²) in [5, 5.41) is 3.30. The predicted octanol–water partition coefficient (Wildman–Crippen LogP) is 3.18. The highest BCUT2D eigenvalue weighted by atomic mass is 35.5. The normalized spacial score (nSPS) is 11.3. The van der Waals surface area contributed by atoms with Crippen LogP contribution in [0.1, 0.15) is 21.5 Å². The van der Waals surface area contributed by atoms with Crippen LogP contribution >= 0.6 is 11.6 Å². The van der Waals surface area contributed by atoms with Crippen molar-refractivity contribution in [3.63, 3.8) is 0 Å². The van der Waals surface area contributed by atoms with Crippen LogP contribution in [0.4, 0.5) is 11.4 Å². The number of carbonyl (C=O) groups is 1. The van der Waals surface area contributed by atoms with Crippen molar-refractivity contribution < 1.29 is 13.2 Å². The van der Waals surface area contributed by atoms with Crippen LogP contribution in [0, 0.1) is 13.8 Å². The van der Waals surface area contributed by atoms with E-state index >= 15 is 0 Å². The fraction of sp³-hybridized carbons (Fsp3) is 0.278. The summed E-state index contributed by atoms with van der Waals surface area (Å²) in [6.45, 7) is 3.48. The number of hydrogen-bond acceptors (Lipinski definition) is 4. The van der Waals surface area contributed by atoms with Gasteiger partial charge in [-0.3, -0.25) is 4.79 Å². The van der Waals surface area contributed by atoms with Gasteiger partial charge in [0.2, 0.25) is 10.0 Å². The minimum Gasteiger partial charge on any atom is -0.376 e. The minimum absolute atomic E-state index is 0.0871. The van der Waals surface area contributed by atoms with E-state index in [1.807, 2.05) is 19.0 Å². The molecule has 1 amide bonds. The molecule has 0 bridgehead atoms. The van der Waals surface area contributed by atoms with Crippen LogP contribution in [0.2, 0.25) is 5.02 Å². The molecule has 0 aliphatic carbocycles. The van der Waals surface area contributed by atoms with Gasteiger partial charge in [0, 0.05) is 24.7 Å². The maximum absolute atomic E-state index is 12.7. The Morgan fingerprint density at radius 2 is 1.77 bits per heavy atom. The van der Waals surface area contributed by atoms with Crippen molar-refractivity contribution in [2.45, 2.75) is 18.7 Å². The molecule has 0 heterocycles. The van der Waals surface area contributed by atoms with Gasteiger partial charge in [0.15, 0.2) is 0 Å². The Kier molecular flexibility index (Phi) is 5.95. The lowest BCUT2D eigenvalue weighted by Crippen LogP contribution is -2.22. The molecular formula is C18H22ClN3O3S. The maximum Gasteiger partial charge on any atom is 0.255 e. The fourth-order valence-electron chi connectivity index (χ4n) is 2.54. The van der Waals surface area contributed by atoms with Gasteiger partial charge in [-0.2, -0.15) is 0 Å². The molecule has 26 heavy (non-hydrogen) atoms. The van der Waals surface area contributed by atoms with E-state index in [1.54, 1.807) is 38.1 Å². The summed E-state index contributed by atoms with van der Waals surface area (Å²) in [5.41, 5.74) is 2.91. The number of halogens is 1. The number of nitrogens with one attached hydrogen (secondary N) is 2. The molecule has 140 valence electrons. The summed E-state index contributed by atoms with van der Waals surface area (Å²) >= 11 is 6.04. The van der Waals surface area contributed by atoms with Gasteiger partial charge >= 0.3 is 0 Å². The van der Waals surface area contributed by atoms with Crippen LogP contribution in [0.3, 0.4) is 0 Å². The highest BCUT2D eigenvalue weighted by Gasteiger charge is 2.20. The van der Waals surface area contributed by atoms with Crippen LogP contribution in [-0.2, 0) is 10.0 Å². The number of benzene rings is 2. The Labute approximate surface area is 159 Å². The van der Waals surface area contributed by atoms with Crippen molar-refractivity contribution in [1.82, 2.24) is 4.72 Å². The van der Waals surface area contributed by atoms with Gasteiger partial charge in [0.1, 0.15) is 0 Å². The quantitative estimate of drug-likeness (QED) is 0.814. The van der Waals surface area contributed by atoms with E-state index in [9.17, 15) is 13.2 Å². The Bertz CT molecular complexity index is 956. The third-order valence-corrected chi connectivity index (χ3v) is 5.90. The SMILES string of the molecule is CNS(=O)(=O)c1cc(C(=O)Nc2cc(Cl)ccc2N(C)C)cc(C)c1C. The van der Waals surface area contributed by atoms with Crippen molar-refractivity contribution in [3.05, 3.63) is 52.0 Å². The second kappa shape index (κ2) is 7.65. The number of hydrogen-bond donors (Lipinski definition) is 2. The van der Waals surface area contributed by atoms with E-state index in [1.165, 1.54) is 13.1 Å². The highest BCUT2D eigenvalue weighted by molar-refractivity contribution is 7.89. The predicted molar refractivity (Wildman–Crippen MR) is 106 cm³/mol. The molecule has 2 rings (SSSR count). The fourth-order valence-corrected chi connectivity index (χ4v) is 3.78. The van der Waals surface area contributed by atoms with Crippen molar-refractivity contribution in [1.29, 1.82) is 0 Å². The molecule has 0 saturated carbocycles. The molecule has 0 atom stereocenters. The number of nitrogens with zero attached hydrogens (tertiary/aromatic N) is 1. The molecule has 2 aromatic rings. The first-order valence-corrected chi connectivity index (χ1v) is 9.76. The summed E-state index contributed by atoms with van der Waals surface area (Å²) < 4.78 is 26.7. The Morgan fingerprint density at radius 3 is 2.35 bits per heavy atom. The van der Waals surface area contributed by atoms with E-state index < -0.39 is 15.9 Å². The molecule has 0 saturated heterocycles. The number of sulfonamides is 1. The van der Waals surface area contributed by atoms with Crippen LogP contribution in [0.15, 0.2) is 35.2 Å². The van der Waals surface area contributed by atoms with Crippen molar-refractivity contribution >= 4 is 38.9 Å². The van der Waals surface area contributed by atoms with Crippen molar-refractivity contribution in [2.75, 3.05) is 31.4 Å². The monoisotopic (exact) mass is 395 g/mol. The first-order valence-electron chi connectivity index (χ1n) is 7.90.